The molecule has 8 heteroatoms. The molecule has 1 atom stereocenters. The van der Waals surface area contributed by atoms with E-state index in [1.54, 1.807) is 19.9 Å². The summed E-state index contributed by atoms with van der Waals surface area (Å²) < 4.78 is 15.2. The molecule has 2 rings (SSSR count). The molecule has 0 amide bonds. The number of rotatable bonds is 9. The SMILES string of the molecule is C/C(CC(=O)/C(C(=O)O)=C1/CCCC(C)(C)N1C)=C(/C)C(F)C=C(/C=C/N)NC1CCNCC1.CC. The van der Waals surface area contributed by atoms with Crippen molar-refractivity contribution in [2.45, 2.75) is 97.8 Å². The lowest BCUT2D eigenvalue weighted by Gasteiger charge is -2.43. The number of allylic oxidation sites excluding steroid dienone is 5. The zero-order valence-corrected chi connectivity index (χ0v) is 23.2. The predicted molar refractivity (Wildman–Crippen MR) is 145 cm³/mol. The van der Waals surface area contributed by atoms with Crippen LogP contribution < -0.4 is 16.4 Å². The summed E-state index contributed by atoms with van der Waals surface area (Å²) in [5.74, 6) is -1.72. The van der Waals surface area contributed by atoms with Gasteiger partial charge in [0.2, 0.25) is 0 Å². The van der Waals surface area contributed by atoms with Gasteiger partial charge in [-0.3, -0.25) is 4.79 Å². The molecule has 0 spiro atoms. The molecule has 1 unspecified atom stereocenters. The second-order valence-electron chi connectivity index (χ2n) is 9.97. The van der Waals surface area contributed by atoms with Crippen LogP contribution in [0.15, 0.2) is 46.5 Å². The summed E-state index contributed by atoms with van der Waals surface area (Å²) in [5.41, 5.74) is 7.23. The van der Waals surface area contributed by atoms with E-state index in [1.807, 2.05) is 39.6 Å². The molecule has 0 saturated carbocycles. The van der Waals surface area contributed by atoms with Crippen molar-refractivity contribution in [3.05, 3.63) is 46.5 Å². The van der Waals surface area contributed by atoms with Crippen LogP contribution in [0.2, 0.25) is 0 Å². The molecule has 0 aromatic rings. The lowest BCUT2D eigenvalue weighted by Crippen LogP contribution is -2.44. The highest BCUT2D eigenvalue weighted by molar-refractivity contribution is 6.17. The molecule has 5 N–H and O–H groups in total. The first-order valence-electron chi connectivity index (χ1n) is 13.1. The van der Waals surface area contributed by atoms with Crippen molar-refractivity contribution in [1.82, 2.24) is 15.5 Å². The number of carboxylic acid groups (broad SMARTS) is 1. The van der Waals surface area contributed by atoms with Crippen LogP contribution in [0.25, 0.3) is 0 Å². The van der Waals surface area contributed by atoms with Crippen molar-refractivity contribution in [1.29, 1.82) is 0 Å². The number of likely N-dealkylation sites (tertiary alicyclic amines) is 1. The highest BCUT2D eigenvalue weighted by Crippen LogP contribution is 2.34. The number of ketones is 1. The monoisotopic (exact) mass is 506 g/mol. The van der Waals surface area contributed by atoms with Crippen molar-refractivity contribution in [3.63, 3.8) is 0 Å². The summed E-state index contributed by atoms with van der Waals surface area (Å²) in [6.45, 7) is 13.2. The van der Waals surface area contributed by atoms with Gasteiger partial charge in [0.15, 0.2) is 5.78 Å². The Labute approximate surface area is 216 Å². The number of aliphatic carboxylic acids is 1. The van der Waals surface area contributed by atoms with Crippen molar-refractivity contribution in [3.8, 4) is 0 Å². The van der Waals surface area contributed by atoms with Crippen LogP contribution in [-0.4, -0.2) is 59.6 Å². The second-order valence-corrected chi connectivity index (χ2v) is 9.97. The highest BCUT2D eigenvalue weighted by Gasteiger charge is 2.34. The summed E-state index contributed by atoms with van der Waals surface area (Å²) in [7, 11) is 1.84. The molecule has 0 aliphatic carbocycles. The Morgan fingerprint density at radius 2 is 1.89 bits per heavy atom. The smallest absolute Gasteiger partial charge is 0.341 e. The van der Waals surface area contributed by atoms with E-state index in [2.05, 4.69) is 10.6 Å². The van der Waals surface area contributed by atoms with Gasteiger partial charge >= 0.3 is 5.97 Å². The molecule has 0 aromatic heterocycles. The standard InChI is InChI=1S/C26H41FN4O3.C2H6/c1-17(15-23(32)24(25(33)34)22-7-6-11-26(3,4)31(22)5)18(2)21(27)16-20(8-12-28)30-19-9-13-29-14-10-19;1-2/h8,12,16,19,21,29-30H,6-7,9-11,13-15,28H2,1-5H3,(H,33,34);1-2H3/b12-8+,18-17+,20-16?,24-22+;. The first-order chi connectivity index (χ1) is 17.0. The third kappa shape index (κ3) is 8.80. The summed E-state index contributed by atoms with van der Waals surface area (Å²) in [4.78, 5) is 27.0. The van der Waals surface area contributed by atoms with Crippen LogP contribution in [0.5, 0.6) is 0 Å². The topological polar surface area (TPSA) is 108 Å². The fraction of sp³-hybridized carbons (Fsp3) is 0.643. The largest absolute Gasteiger partial charge is 0.477 e. The average Bonchev–Trinajstić information content (AvgIpc) is 2.83. The number of hydrogen-bond acceptors (Lipinski definition) is 6. The number of nitrogens with zero attached hydrogens (tertiary/aromatic N) is 1. The molecule has 204 valence electrons. The zero-order chi connectivity index (χ0) is 27.5. The van der Waals surface area contributed by atoms with E-state index in [0.29, 0.717) is 29.0 Å². The highest BCUT2D eigenvalue weighted by atomic mass is 19.1. The Kier molecular flexibility index (Phi) is 12.9. The lowest BCUT2D eigenvalue weighted by atomic mass is 9.86. The van der Waals surface area contributed by atoms with Crippen molar-refractivity contribution in [2.24, 2.45) is 5.73 Å². The van der Waals surface area contributed by atoms with Crippen LogP contribution in [-0.2, 0) is 9.59 Å². The van der Waals surface area contributed by atoms with Crippen molar-refractivity contribution >= 4 is 11.8 Å². The number of halogens is 1. The Bertz CT molecular complexity index is 883. The van der Waals surface area contributed by atoms with E-state index in [-0.39, 0.29) is 23.6 Å². The van der Waals surface area contributed by atoms with Crippen molar-refractivity contribution in [2.75, 3.05) is 20.1 Å². The summed E-state index contributed by atoms with van der Waals surface area (Å²) in [5, 5.41) is 16.5. The number of carboxylic acids is 1. The van der Waals surface area contributed by atoms with Gasteiger partial charge in [-0.1, -0.05) is 19.4 Å². The summed E-state index contributed by atoms with van der Waals surface area (Å²) in [6, 6.07) is 0.240. The lowest BCUT2D eigenvalue weighted by molar-refractivity contribution is -0.134. The molecule has 36 heavy (non-hydrogen) atoms. The summed E-state index contributed by atoms with van der Waals surface area (Å²) in [6.07, 6.45) is 7.07. The number of Topliss-reactive ketones (excluding diaryl/α,β-unsaturated/α-hetero) is 1. The minimum atomic E-state index is -1.43. The van der Waals surface area contributed by atoms with Gasteiger partial charge in [-0.05, 0) is 96.8 Å². The van der Waals surface area contributed by atoms with E-state index in [1.165, 1.54) is 12.3 Å². The van der Waals surface area contributed by atoms with E-state index < -0.39 is 17.9 Å². The maximum atomic E-state index is 15.2. The molecule has 2 fully saturated rings. The molecule has 0 bridgehead atoms. The maximum Gasteiger partial charge on any atom is 0.341 e. The minimum absolute atomic E-state index is 0.136. The van der Waals surface area contributed by atoms with Gasteiger partial charge in [0.1, 0.15) is 11.7 Å². The first kappa shape index (κ1) is 31.4. The quantitative estimate of drug-likeness (QED) is 0.119. The molecule has 2 heterocycles. The normalized spacial score (nSPS) is 21.8. The number of carbonyl (C=O) groups excluding carboxylic acids is 1. The van der Waals surface area contributed by atoms with Gasteiger partial charge < -0.3 is 26.4 Å². The molecule has 0 aromatic carbocycles. The van der Waals surface area contributed by atoms with E-state index in [0.717, 1.165) is 38.8 Å². The molecular weight excluding hydrogens is 459 g/mol. The van der Waals surface area contributed by atoms with E-state index in [4.69, 9.17) is 5.73 Å². The minimum Gasteiger partial charge on any atom is -0.477 e. The van der Waals surface area contributed by atoms with E-state index in [9.17, 15) is 14.7 Å². The van der Waals surface area contributed by atoms with Gasteiger partial charge in [0.05, 0.1) is 0 Å². The van der Waals surface area contributed by atoms with Gasteiger partial charge in [-0.25, -0.2) is 9.18 Å². The van der Waals surface area contributed by atoms with E-state index >= 15 is 4.39 Å². The van der Waals surface area contributed by atoms with Gasteiger partial charge in [0, 0.05) is 36.4 Å². The van der Waals surface area contributed by atoms with Crippen LogP contribution in [0.3, 0.4) is 0 Å². The molecule has 0 radical (unpaired) electrons. The Balaban J connectivity index is 0.00000316. The Morgan fingerprint density at radius 3 is 2.44 bits per heavy atom. The number of piperidine rings is 2. The fourth-order valence-electron chi connectivity index (χ4n) is 4.53. The fourth-order valence-corrected chi connectivity index (χ4v) is 4.53. The van der Waals surface area contributed by atoms with Gasteiger partial charge in [0.25, 0.3) is 0 Å². The molecular formula is C28H47FN4O3. The molecule has 2 aliphatic heterocycles. The maximum absolute atomic E-state index is 15.2. The molecule has 7 nitrogen and oxygen atoms in total. The number of nitrogens with two attached hydrogens (primary N) is 1. The number of nitrogens with one attached hydrogen (secondary N) is 2. The third-order valence-electron chi connectivity index (χ3n) is 7.12. The third-order valence-corrected chi connectivity index (χ3v) is 7.12. The Hall–Kier alpha value is -2.61. The van der Waals surface area contributed by atoms with Gasteiger partial charge in [-0.2, -0.15) is 0 Å². The second kappa shape index (κ2) is 14.8. The van der Waals surface area contributed by atoms with Crippen molar-refractivity contribution < 1.29 is 19.1 Å². The number of alkyl halides is 1. The predicted octanol–water partition coefficient (Wildman–Crippen LogP) is 4.58. The van der Waals surface area contributed by atoms with Crippen LogP contribution >= 0.6 is 0 Å². The Morgan fingerprint density at radius 1 is 1.28 bits per heavy atom. The number of carbonyl (C=O) groups is 2. The van der Waals surface area contributed by atoms with Crippen LogP contribution in [0.1, 0.15) is 80.1 Å². The van der Waals surface area contributed by atoms with Gasteiger partial charge in [-0.15, -0.1) is 0 Å². The number of hydrogen-bond donors (Lipinski definition) is 4. The van der Waals surface area contributed by atoms with Crippen LogP contribution in [0.4, 0.5) is 4.39 Å². The summed E-state index contributed by atoms with van der Waals surface area (Å²) >= 11 is 0. The van der Waals surface area contributed by atoms with Crippen LogP contribution in [0, 0.1) is 0 Å². The average molecular weight is 507 g/mol. The molecule has 2 aliphatic rings. The molecule has 2 saturated heterocycles. The zero-order valence-electron chi connectivity index (χ0n) is 23.2. The first-order valence-corrected chi connectivity index (χ1v) is 13.1.